The second-order valence-electron chi connectivity index (χ2n) is 9.27. The lowest BCUT2D eigenvalue weighted by Crippen LogP contribution is -2.22. The van der Waals surface area contributed by atoms with Gasteiger partial charge in [-0.25, -0.2) is 4.98 Å². The van der Waals surface area contributed by atoms with E-state index in [0.717, 1.165) is 34.5 Å². The third-order valence-corrected chi connectivity index (χ3v) is 6.68. The number of aromatic nitrogens is 3. The Labute approximate surface area is 197 Å². The van der Waals surface area contributed by atoms with Crippen molar-refractivity contribution in [2.75, 3.05) is 0 Å². The van der Waals surface area contributed by atoms with Crippen molar-refractivity contribution in [3.63, 3.8) is 0 Å². The van der Waals surface area contributed by atoms with Gasteiger partial charge >= 0.3 is 0 Å². The molecule has 170 valence electrons. The van der Waals surface area contributed by atoms with E-state index in [-0.39, 0.29) is 29.8 Å². The third kappa shape index (κ3) is 4.16. The van der Waals surface area contributed by atoms with Crippen LogP contribution >= 0.6 is 11.6 Å². The number of pyridine rings is 1. The van der Waals surface area contributed by atoms with Crippen LogP contribution in [0.15, 0.2) is 65.6 Å². The summed E-state index contributed by atoms with van der Waals surface area (Å²) in [7, 11) is 1.99. The first-order valence-corrected chi connectivity index (χ1v) is 11.4. The summed E-state index contributed by atoms with van der Waals surface area (Å²) in [5.74, 6) is 1.72. The van der Waals surface area contributed by atoms with Crippen LogP contribution < -0.4 is 10.3 Å². The topological polar surface area (TPSA) is 69.3 Å². The highest BCUT2D eigenvalue weighted by molar-refractivity contribution is 6.30. The molecule has 0 radical (unpaired) electrons. The molecule has 2 aromatic heterocycles. The van der Waals surface area contributed by atoms with Crippen LogP contribution in [0.5, 0.6) is 5.75 Å². The number of fused-ring (bicyclic) bond motifs is 1. The zero-order valence-corrected chi connectivity index (χ0v) is 19.6. The molecule has 5 rings (SSSR count). The highest BCUT2D eigenvalue weighted by Gasteiger charge is 2.49. The van der Waals surface area contributed by atoms with Gasteiger partial charge in [0.15, 0.2) is 5.75 Å². The average Bonchev–Trinajstić information content (AvgIpc) is 3.53. The van der Waals surface area contributed by atoms with E-state index in [1.807, 2.05) is 51.2 Å². The number of halogens is 1. The summed E-state index contributed by atoms with van der Waals surface area (Å²) in [6.07, 6.45) is 2.67. The maximum atomic E-state index is 13.1. The predicted octanol–water partition coefficient (Wildman–Crippen LogP) is 4.83. The van der Waals surface area contributed by atoms with Crippen LogP contribution in [0.1, 0.15) is 37.6 Å². The van der Waals surface area contributed by atoms with Gasteiger partial charge in [-0.2, -0.15) is 0 Å². The lowest BCUT2D eigenvalue weighted by atomic mass is 10.0. The van der Waals surface area contributed by atoms with Crippen molar-refractivity contribution in [3.8, 4) is 11.4 Å². The maximum Gasteiger partial charge on any atom is 0.297 e. The van der Waals surface area contributed by atoms with E-state index in [2.05, 4.69) is 4.57 Å². The molecule has 2 heterocycles. The normalized spacial score (nSPS) is 18.0. The fourth-order valence-corrected chi connectivity index (χ4v) is 4.59. The van der Waals surface area contributed by atoms with Crippen molar-refractivity contribution >= 4 is 22.6 Å². The van der Waals surface area contributed by atoms with E-state index in [1.165, 1.54) is 0 Å². The maximum absolute atomic E-state index is 13.1. The molecule has 0 spiro atoms. The molecule has 0 aliphatic heterocycles. The minimum absolute atomic E-state index is 0.213. The number of aryl methyl sites for hydroxylation is 1. The lowest BCUT2D eigenvalue weighted by Gasteiger charge is -2.16. The number of benzene rings is 2. The SMILES string of the molecule is Cn1c(C2CC2C(C)(C)O)nc2ccc(-n3cccc(OCc4ccc(Cl)cc4)c3=O)cc21. The van der Waals surface area contributed by atoms with Crippen molar-refractivity contribution in [1.82, 2.24) is 14.1 Å². The average molecular weight is 464 g/mol. The first-order valence-electron chi connectivity index (χ1n) is 11.0. The Hall–Kier alpha value is -3.09. The highest BCUT2D eigenvalue weighted by atomic mass is 35.5. The molecule has 2 atom stereocenters. The molecule has 7 heteroatoms. The van der Waals surface area contributed by atoms with Crippen LogP contribution in [-0.2, 0) is 13.7 Å². The number of aliphatic hydroxyl groups is 1. The van der Waals surface area contributed by atoms with Gasteiger partial charge in [0.25, 0.3) is 5.56 Å². The van der Waals surface area contributed by atoms with E-state index in [1.54, 1.807) is 35.0 Å². The number of hydrogen-bond donors (Lipinski definition) is 1. The van der Waals surface area contributed by atoms with E-state index in [4.69, 9.17) is 21.3 Å². The van der Waals surface area contributed by atoms with Gasteiger partial charge in [0.1, 0.15) is 12.4 Å². The molecule has 2 aromatic carbocycles. The van der Waals surface area contributed by atoms with E-state index in [0.29, 0.717) is 5.02 Å². The first-order chi connectivity index (χ1) is 15.7. The second-order valence-corrected chi connectivity index (χ2v) is 9.70. The smallest absolute Gasteiger partial charge is 0.297 e. The Kier molecular flexibility index (Phi) is 5.30. The van der Waals surface area contributed by atoms with E-state index < -0.39 is 5.60 Å². The molecular weight excluding hydrogens is 438 g/mol. The van der Waals surface area contributed by atoms with Crippen molar-refractivity contribution in [3.05, 3.63) is 87.6 Å². The number of hydrogen-bond acceptors (Lipinski definition) is 4. The van der Waals surface area contributed by atoms with Crippen LogP contribution in [-0.4, -0.2) is 24.8 Å². The summed E-state index contributed by atoms with van der Waals surface area (Å²) < 4.78 is 9.46. The molecule has 2 unspecified atom stereocenters. The number of nitrogens with zero attached hydrogens (tertiary/aromatic N) is 3. The molecule has 6 nitrogen and oxygen atoms in total. The number of rotatable bonds is 6. The summed E-state index contributed by atoms with van der Waals surface area (Å²) in [6.45, 7) is 3.99. The fourth-order valence-electron chi connectivity index (χ4n) is 4.47. The lowest BCUT2D eigenvalue weighted by molar-refractivity contribution is 0.0542. The fraction of sp³-hybridized carbons (Fsp3) is 0.308. The Balaban J connectivity index is 1.43. The van der Waals surface area contributed by atoms with Gasteiger partial charge in [0.2, 0.25) is 0 Å². The monoisotopic (exact) mass is 463 g/mol. The molecule has 1 saturated carbocycles. The van der Waals surface area contributed by atoms with Crippen LogP contribution in [0, 0.1) is 5.92 Å². The van der Waals surface area contributed by atoms with Gasteiger partial charge in [-0.1, -0.05) is 23.7 Å². The second kappa shape index (κ2) is 8.04. The Morgan fingerprint density at radius 1 is 1.18 bits per heavy atom. The Morgan fingerprint density at radius 2 is 1.94 bits per heavy atom. The highest BCUT2D eigenvalue weighted by Crippen LogP contribution is 2.53. The quantitative estimate of drug-likeness (QED) is 0.444. The zero-order chi connectivity index (χ0) is 23.3. The van der Waals surface area contributed by atoms with Gasteiger partial charge in [-0.15, -0.1) is 0 Å². The third-order valence-electron chi connectivity index (χ3n) is 6.43. The summed E-state index contributed by atoms with van der Waals surface area (Å²) in [5, 5.41) is 11.0. The van der Waals surface area contributed by atoms with Gasteiger partial charge in [-0.3, -0.25) is 9.36 Å². The van der Waals surface area contributed by atoms with Crippen LogP contribution in [0.4, 0.5) is 0 Å². The molecule has 1 aliphatic rings. The first kappa shape index (κ1) is 21.7. The minimum atomic E-state index is -0.715. The molecule has 1 aliphatic carbocycles. The van der Waals surface area contributed by atoms with Crippen molar-refractivity contribution < 1.29 is 9.84 Å². The Morgan fingerprint density at radius 3 is 2.64 bits per heavy atom. The standard InChI is InChI=1S/C26H26ClN3O3/c1-26(2,32)20-14-19(20)24-28-21-11-10-18(13-22(21)29(24)3)30-12-4-5-23(25(30)31)33-15-16-6-8-17(27)9-7-16/h4-13,19-20,32H,14-15H2,1-3H3. The zero-order valence-electron chi connectivity index (χ0n) is 18.8. The number of ether oxygens (including phenoxy) is 1. The number of imidazole rings is 1. The van der Waals surface area contributed by atoms with Gasteiger partial charge in [0, 0.05) is 24.2 Å². The van der Waals surface area contributed by atoms with E-state index >= 15 is 0 Å². The van der Waals surface area contributed by atoms with Crippen molar-refractivity contribution in [2.45, 2.75) is 38.4 Å². The van der Waals surface area contributed by atoms with Crippen molar-refractivity contribution in [1.29, 1.82) is 0 Å². The van der Waals surface area contributed by atoms with Gasteiger partial charge < -0.3 is 14.4 Å². The molecular formula is C26H26ClN3O3. The molecule has 0 saturated heterocycles. The molecule has 4 aromatic rings. The van der Waals surface area contributed by atoms with Crippen molar-refractivity contribution in [2.24, 2.45) is 13.0 Å². The largest absolute Gasteiger partial charge is 0.483 e. The summed E-state index contributed by atoms with van der Waals surface area (Å²) in [4.78, 5) is 17.9. The minimum Gasteiger partial charge on any atom is -0.483 e. The molecule has 1 fully saturated rings. The predicted molar refractivity (Wildman–Crippen MR) is 129 cm³/mol. The summed E-state index contributed by atoms with van der Waals surface area (Å²) in [6, 6.07) is 16.6. The van der Waals surface area contributed by atoms with E-state index in [9.17, 15) is 9.90 Å². The Bertz CT molecular complexity index is 1380. The van der Waals surface area contributed by atoms with Crippen LogP contribution in [0.25, 0.3) is 16.7 Å². The van der Waals surface area contributed by atoms with Crippen LogP contribution in [0.3, 0.4) is 0 Å². The molecule has 0 bridgehead atoms. The summed E-state index contributed by atoms with van der Waals surface area (Å²) in [5.41, 5.74) is 2.56. The molecule has 33 heavy (non-hydrogen) atoms. The summed E-state index contributed by atoms with van der Waals surface area (Å²) >= 11 is 5.93. The van der Waals surface area contributed by atoms with Crippen LogP contribution in [0.2, 0.25) is 5.02 Å². The molecule has 1 N–H and O–H groups in total. The van der Waals surface area contributed by atoms with Gasteiger partial charge in [-0.05, 0) is 74.2 Å². The molecule has 0 amide bonds. The van der Waals surface area contributed by atoms with Gasteiger partial charge in [0.05, 0.1) is 22.3 Å².